The first-order valence-electron chi connectivity index (χ1n) is 5.55. The Bertz CT molecular complexity index is 315. The topological polar surface area (TPSA) is 39.6 Å². The minimum atomic E-state index is 0.0429. The molecule has 0 amide bonds. The normalized spacial score (nSPS) is 10.8. The molecule has 0 bridgehead atoms. The molecule has 1 rings (SSSR count). The Hall–Kier alpha value is -1.13. The van der Waals surface area contributed by atoms with E-state index in [1.807, 2.05) is 19.2 Å². The lowest BCUT2D eigenvalue weighted by molar-refractivity contribution is 0.281. The lowest BCUT2D eigenvalue weighted by Crippen LogP contribution is -2.24. The molecule has 1 aromatic rings. The fourth-order valence-electron chi connectivity index (χ4n) is 1.63. The van der Waals surface area contributed by atoms with Crippen LogP contribution in [0.5, 0.6) is 0 Å². The van der Waals surface area contributed by atoms with E-state index in [4.69, 9.17) is 0 Å². The van der Waals surface area contributed by atoms with Crippen molar-refractivity contribution in [1.29, 1.82) is 0 Å². The summed E-state index contributed by atoms with van der Waals surface area (Å²) in [5.41, 5.74) is 0.884. The highest BCUT2D eigenvalue weighted by Crippen LogP contribution is 2.15. The zero-order valence-electron chi connectivity index (χ0n) is 10.3. The highest BCUT2D eigenvalue weighted by atomic mass is 16.3. The maximum Gasteiger partial charge on any atom is 0.133 e. The first-order valence-corrected chi connectivity index (χ1v) is 5.55. The van der Waals surface area contributed by atoms with E-state index in [9.17, 15) is 5.11 Å². The summed E-state index contributed by atoms with van der Waals surface area (Å²) in [4.78, 5) is 8.56. The number of nitrogens with zero attached hydrogens (tertiary/aromatic N) is 3. The van der Waals surface area contributed by atoms with Gasteiger partial charge < -0.3 is 14.9 Å². The van der Waals surface area contributed by atoms with Crippen LogP contribution in [-0.4, -0.2) is 49.2 Å². The van der Waals surface area contributed by atoms with Crippen LogP contribution >= 0.6 is 0 Å². The Kier molecular flexibility index (Phi) is 5.22. The molecule has 0 atom stereocenters. The lowest BCUT2D eigenvalue weighted by atomic mass is 10.2. The second-order valence-electron chi connectivity index (χ2n) is 4.22. The van der Waals surface area contributed by atoms with Crippen molar-refractivity contribution < 1.29 is 5.11 Å². The zero-order valence-corrected chi connectivity index (χ0v) is 10.3. The van der Waals surface area contributed by atoms with E-state index in [1.54, 1.807) is 6.20 Å². The number of aliphatic hydroxyl groups is 1. The Morgan fingerprint density at radius 3 is 2.62 bits per heavy atom. The summed E-state index contributed by atoms with van der Waals surface area (Å²) in [7, 11) is 6.15. The second kappa shape index (κ2) is 6.45. The SMILES string of the molecule is CN(C)CCCN(C)c1ncccc1CO. The van der Waals surface area contributed by atoms with Gasteiger partial charge in [0.15, 0.2) is 0 Å². The van der Waals surface area contributed by atoms with Crippen LogP contribution in [0.2, 0.25) is 0 Å². The van der Waals surface area contributed by atoms with Gasteiger partial charge in [0.05, 0.1) is 6.61 Å². The van der Waals surface area contributed by atoms with E-state index in [0.29, 0.717) is 0 Å². The number of hydrogen-bond donors (Lipinski definition) is 1. The molecule has 0 aliphatic rings. The second-order valence-corrected chi connectivity index (χ2v) is 4.22. The number of hydrogen-bond acceptors (Lipinski definition) is 4. The third kappa shape index (κ3) is 3.79. The van der Waals surface area contributed by atoms with E-state index in [-0.39, 0.29) is 6.61 Å². The molecule has 4 nitrogen and oxygen atoms in total. The van der Waals surface area contributed by atoms with Gasteiger partial charge >= 0.3 is 0 Å². The van der Waals surface area contributed by atoms with E-state index in [2.05, 4.69) is 28.9 Å². The predicted octanol–water partition coefficient (Wildman–Crippen LogP) is 0.962. The van der Waals surface area contributed by atoms with Crippen LogP contribution < -0.4 is 4.90 Å². The average Bonchev–Trinajstić information content (AvgIpc) is 2.28. The molecule has 0 fully saturated rings. The Labute approximate surface area is 97.5 Å². The summed E-state index contributed by atoms with van der Waals surface area (Å²) in [6.45, 7) is 2.05. The Morgan fingerprint density at radius 1 is 1.25 bits per heavy atom. The molecule has 16 heavy (non-hydrogen) atoms. The molecule has 1 N–H and O–H groups in total. The number of aromatic nitrogens is 1. The number of aliphatic hydroxyl groups excluding tert-OH is 1. The van der Waals surface area contributed by atoms with Crippen molar-refractivity contribution >= 4 is 5.82 Å². The maximum atomic E-state index is 9.21. The summed E-state index contributed by atoms with van der Waals surface area (Å²) < 4.78 is 0. The van der Waals surface area contributed by atoms with Gasteiger partial charge in [-0.25, -0.2) is 4.98 Å². The largest absolute Gasteiger partial charge is 0.392 e. The van der Waals surface area contributed by atoms with Crippen LogP contribution in [-0.2, 0) is 6.61 Å². The molecular formula is C12H21N3O. The number of anilines is 1. The van der Waals surface area contributed by atoms with Gasteiger partial charge in [-0.05, 0) is 33.1 Å². The Morgan fingerprint density at radius 2 is 2.00 bits per heavy atom. The molecule has 90 valence electrons. The van der Waals surface area contributed by atoms with Crippen LogP contribution in [0.15, 0.2) is 18.3 Å². The maximum absolute atomic E-state index is 9.21. The first kappa shape index (κ1) is 12.9. The Balaban J connectivity index is 2.55. The lowest BCUT2D eigenvalue weighted by Gasteiger charge is -2.21. The van der Waals surface area contributed by atoms with Crippen molar-refractivity contribution in [3.05, 3.63) is 23.9 Å². The van der Waals surface area contributed by atoms with E-state index < -0.39 is 0 Å². The number of pyridine rings is 1. The van der Waals surface area contributed by atoms with Gasteiger partial charge in [-0.1, -0.05) is 6.07 Å². The van der Waals surface area contributed by atoms with Crippen molar-refractivity contribution in [2.24, 2.45) is 0 Å². The van der Waals surface area contributed by atoms with E-state index in [1.165, 1.54) is 0 Å². The van der Waals surface area contributed by atoms with Gasteiger partial charge in [0.2, 0.25) is 0 Å². The van der Waals surface area contributed by atoms with Gasteiger partial charge in [0.1, 0.15) is 5.82 Å². The quantitative estimate of drug-likeness (QED) is 0.780. The number of rotatable bonds is 6. The zero-order chi connectivity index (χ0) is 12.0. The minimum absolute atomic E-state index is 0.0429. The molecule has 0 aliphatic carbocycles. The van der Waals surface area contributed by atoms with Crippen LogP contribution in [0.25, 0.3) is 0 Å². The minimum Gasteiger partial charge on any atom is -0.392 e. The molecule has 0 aliphatic heterocycles. The molecule has 0 spiro atoms. The summed E-state index contributed by atoms with van der Waals surface area (Å²) in [5.74, 6) is 0.878. The van der Waals surface area contributed by atoms with Gasteiger partial charge in [0, 0.05) is 25.4 Å². The van der Waals surface area contributed by atoms with Crippen molar-refractivity contribution in [2.45, 2.75) is 13.0 Å². The molecule has 1 heterocycles. The monoisotopic (exact) mass is 223 g/mol. The van der Waals surface area contributed by atoms with Gasteiger partial charge in [-0.3, -0.25) is 0 Å². The average molecular weight is 223 g/mol. The molecule has 0 saturated carbocycles. The molecule has 0 unspecified atom stereocenters. The summed E-state index contributed by atoms with van der Waals surface area (Å²) in [6.07, 6.45) is 2.85. The van der Waals surface area contributed by atoms with Gasteiger partial charge in [-0.2, -0.15) is 0 Å². The molecular weight excluding hydrogens is 202 g/mol. The van der Waals surface area contributed by atoms with Crippen molar-refractivity contribution in [1.82, 2.24) is 9.88 Å². The van der Waals surface area contributed by atoms with Crippen molar-refractivity contribution in [3.63, 3.8) is 0 Å². The fourth-order valence-corrected chi connectivity index (χ4v) is 1.63. The predicted molar refractivity (Wildman–Crippen MR) is 66.6 cm³/mol. The summed E-state index contributed by atoms with van der Waals surface area (Å²) in [5, 5.41) is 9.21. The highest BCUT2D eigenvalue weighted by Gasteiger charge is 2.07. The van der Waals surface area contributed by atoms with Crippen LogP contribution in [0, 0.1) is 0 Å². The molecule has 0 radical (unpaired) electrons. The highest BCUT2D eigenvalue weighted by molar-refractivity contribution is 5.45. The molecule has 0 saturated heterocycles. The van der Waals surface area contributed by atoms with Crippen LogP contribution in [0.4, 0.5) is 5.82 Å². The van der Waals surface area contributed by atoms with Crippen molar-refractivity contribution in [3.8, 4) is 0 Å². The van der Waals surface area contributed by atoms with Crippen LogP contribution in [0.1, 0.15) is 12.0 Å². The van der Waals surface area contributed by atoms with E-state index >= 15 is 0 Å². The third-order valence-corrected chi connectivity index (χ3v) is 2.50. The smallest absolute Gasteiger partial charge is 0.133 e. The molecule has 0 aromatic carbocycles. The molecule has 1 aromatic heterocycles. The third-order valence-electron chi connectivity index (χ3n) is 2.50. The summed E-state index contributed by atoms with van der Waals surface area (Å²) >= 11 is 0. The van der Waals surface area contributed by atoms with E-state index in [0.717, 1.165) is 30.9 Å². The fraction of sp³-hybridized carbons (Fsp3) is 0.583. The van der Waals surface area contributed by atoms with Gasteiger partial charge in [0.25, 0.3) is 0 Å². The van der Waals surface area contributed by atoms with Crippen LogP contribution in [0.3, 0.4) is 0 Å². The first-order chi connectivity index (χ1) is 7.65. The standard InChI is InChI=1S/C12H21N3O/c1-14(2)8-5-9-15(3)12-11(10-16)6-4-7-13-12/h4,6-7,16H,5,8-10H2,1-3H3. The molecule has 4 heteroatoms. The summed E-state index contributed by atoms with van der Waals surface area (Å²) in [6, 6.07) is 3.76. The van der Waals surface area contributed by atoms with Crippen molar-refractivity contribution in [2.75, 3.05) is 39.1 Å². The van der Waals surface area contributed by atoms with Gasteiger partial charge in [-0.15, -0.1) is 0 Å².